The van der Waals surface area contributed by atoms with Crippen LogP contribution in [0.1, 0.15) is 31.9 Å². The van der Waals surface area contributed by atoms with Crippen molar-refractivity contribution in [2.24, 2.45) is 0 Å². The van der Waals surface area contributed by atoms with Gasteiger partial charge in [0.25, 0.3) is 5.91 Å². The largest absolute Gasteiger partial charge is 0.476 e. The Balaban J connectivity index is 1.99. The van der Waals surface area contributed by atoms with Crippen LogP contribution in [0.25, 0.3) is 0 Å². The Morgan fingerprint density at radius 3 is 2.33 bits per heavy atom. The summed E-state index contributed by atoms with van der Waals surface area (Å²) < 4.78 is 23.8. The molecule has 0 aliphatic rings. The molecule has 0 aliphatic carbocycles. The maximum absolute atomic E-state index is 13.0. The smallest absolute Gasteiger partial charge is 0.350 e. The predicted octanol–water partition coefficient (Wildman–Crippen LogP) is 4.17. The third-order valence-electron chi connectivity index (χ3n) is 3.98. The van der Waals surface area contributed by atoms with Crippen LogP contribution in [0.2, 0.25) is 0 Å². The highest BCUT2D eigenvalue weighted by molar-refractivity contribution is 5.96. The average molecular weight is 373 g/mol. The average Bonchev–Trinajstić information content (AvgIpc) is 2.59. The molecule has 144 valence electrons. The molecule has 2 rings (SSSR count). The van der Waals surface area contributed by atoms with Crippen LogP contribution in [0.4, 0.5) is 10.1 Å². The summed E-state index contributed by atoms with van der Waals surface area (Å²) in [6.45, 7) is 8.34. The van der Waals surface area contributed by atoms with Gasteiger partial charge in [-0.15, -0.1) is 0 Å². The number of rotatable bonds is 6. The summed E-state index contributed by atoms with van der Waals surface area (Å²) in [6, 6.07) is 11.0. The molecule has 0 spiro atoms. The van der Waals surface area contributed by atoms with Gasteiger partial charge in [0.15, 0.2) is 11.7 Å². The molecule has 0 radical (unpaired) electrons. The molecule has 0 heterocycles. The van der Waals surface area contributed by atoms with Gasteiger partial charge in [-0.2, -0.15) is 0 Å². The molecule has 5 nitrogen and oxygen atoms in total. The molecule has 2 aromatic carbocycles. The van der Waals surface area contributed by atoms with Gasteiger partial charge in [0, 0.05) is 5.69 Å². The summed E-state index contributed by atoms with van der Waals surface area (Å²) in [5, 5.41) is 2.76. The second-order valence-corrected chi connectivity index (χ2v) is 6.92. The minimum absolute atomic E-state index is 0.325. The van der Waals surface area contributed by atoms with Gasteiger partial charge in [-0.25, -0.2) is 9.18 Å². The minimum Gasteiger partial charge on any atom is -0.476 e. The summed E-state index contributed by atoms with van der Waals surface area (Å²) in [5.41, 5.74) is 1.25. The third kappa shape index (κ3) is 5.54. The summed E-state index contributed by atoms with van der Waals surface area (Å²) in [6.07, 6.45) is -1.01. The van der Waals surface area contributed by atoms with Crippen LogP contribution < -0.4 is 10.1 Å². The number of aryl methyl sites for hydroxylation is 2. The van der Waals surface area contributed by atoms with Gasteiger partial charge >= 0.3 is 5.97 Å². The molecular weight excluding hydrogens is 349 g/mol. The predicted molar refractivity (Wildman–Crippen MR) is 101 cm³/mol. The zero-order valence-corrected chi connectivity index (χ0v) is 16.1. The maximum Gasteiger partial charge on any atom is 0.350 e. The lowest BCUT2D eigenvalue weighted by Crippen LogP contribution is -2.43. The Hall–Kier alpha value is -2.89. The summed E-state index contributed by atoms with van der Waals surface area (Å²) in [5.74, 6) is -1.21. The van der Waals surface area contributed by atoms with Crippen LogP contribution in [0.15, 0.2) is 42.5 Å². The van der Waals surface area contributed by atoms with E-state index in [9.17, 15) is 14.0 Å². The van der Waals surface area contributed by atoms with Gasteiger partial charge in [0.1, 0.15) is 11.6 Å². The summed E-state index contributed by atoms with van der Waals surface area (Å²) in [7, 11) is 0. The second-order valence-electron chi connectivity index (χ2n) is 6.92. The Bertz CT molecular complexity index is 831. The standard InChI is InChI=1S/C21H24FNO4/c1-13-6-7-14(2)18(12-13)23-19(24)15(3)26-20(25)21(4,5)27-17-10-8-16(22)9-11-17/h6-12,15H,1-5H3,(H,23,24)/t15-/m0/s1. The monoisotopic (exact) mass is 373 g/mol. The number of carbonyl (C=O) groups is 2. The first kappa shape index (κ1) is 20.4. The van der Waals surface area contributed by atoms with E-state index < -0.39 is 29.4 Å². The van der Waals surface area contributed by atoms with Crippen LogP contribution in [-0.4, -0.2) is 23.6 Å². The molecule has 1 N–H and O–H groups in total. The highest BCUT2D eigenvalue weighted by Crippen LogP contribution is 2.21. The molecule has 6 heteroatoms. The van der Waals surface area contributed by atoms with E-state index in [1.54, 1.807) is 0 Å². The Morgan fingerprint density at radius 1 is 1.07 bits per heavy atom. The fraction of sp³-hybridized carbons (Fsp3) is 0.333. The number of anilines is 1. The number of amides is 1. The number of nitrogens with one attached hydrogen (secondary N) is 1. The fourth-order valence-corrected chi connectivity index (χ4v) is 2.30. The number of ether oxygens (including phenoxy) is 2. The number of esters is 1. The highest BCUT2D eigenvalue weighted by Gasteiger charge is 2.34. The molecule has 0 fully saturated rings. The lowest BCUT2D eigenvalue weighted by molar-refractivity contribution is -0.166. The first-order valence-corrected chi connectivity index (χ1v) is 8.62. The molecule has 0 aromatic heterocycles. The van der Waals surface area contributed by atoms with Crippen LogP contribution in [0.5, 0.6) is 5.75 Å². The van der Waals surface area contributed by atoms with Crippen molar-refractivity contribution in [2.75, 3.05) is 5.32 Å². The van der Waals surface area contributed by atoms with Gasteiger partial charge in [0.2, 0.25) is 0 Å². The molecule has 0 aliphatic heterocycles. The maximum atomic E-state index is 13.0. The minimum atomic E-state index is -1.34. The molecule has 1 atom stereocenters. The Morgan fingerprint density at radius 2 is 1.70 bits per heavy atom. The van der Waals surface area contributed by atoms with Crippen LogP contribution in [0.3, 0.4) is 0 Å². The highest BCUT2D eigenvalue weighted by atomic mass is 19.1. The first-order chi connectivity index (χ1) is 12.6. The van der Waals surface area contributed by atoms with E-state index in [1.807, 2.05) is 32.0 Å². The van der Waals surface area contributed by atoms with Crippen molar-refractivity contribution in [1.29, 1.82) is 0 Å². The van der Waals surface area contributed by atoms with Gasteiger partial charge in [0.05, 0.1) is 0 Å². The lowest BCUT2D eigenvalue weighted by atomic mass is 10.1. The molecule has 1 amide bonds. The van der Waals surface area contributed by atoms with Crippen molar-refractivity contribution < 1.29 is 23.5 Å². The number of carbonyl (C=O) groups excluding carboxylic acids is 2. The second kappa shape index (κ2) is 8.20. The van der Waals surface area contributed by atoms with E-state index in [-0.39, 0.29) is 0 Å². The molecule has 0 saturated heterocycles. The molecule has 0 bridgehead atoms. The molecule has 0 unspecified atom stereocenters. The van der Waals surface area contributed by atoms with Gasteiger partial charge in [-0.05, 0) is 76.1 Å². The zero-order chi connectivity index (χ0) is 20.2. The number of hydrogen-bond acceptors (Lipinski definition) is 4. The summed E-state index contributed by atoms with van der Waals surface area (Å²) in [4.78, 5) is 24.8. The number of halogens is 1. The number of benzene rings is 2. The van der Waals surface area contributed by atoms with E-state index in [2.05, 4.69) is 5.32 Å². The normalized spacial score (nSPS) is 12.2. The van der Waals surface area contributed by atoms with Crippen molar-refractivity contribution in [3.8, 4) is 5.75 Å². The Kier molecular flexibility index (Phi) is 6.20. The number of hydrogen-bond donors (Lipinski definition) is 1. The van der Waals surface area contributed by atoms with Crippen molar-refractivity contribution >= 4 is 17.6 Å². The van der Waals surface area contributed by atoms with Crippen LogP contribution in [-0.2, 0) is 14.3 Å². The van der Waals surface area contributed by atoms with Crippen molar-refractivity contribution in [1.82, 2.24) is 0 Å². The lowest BCUT2D eigenvalue weighted by Gasteiger charge is -2.26. The van der Waals surface area contributed by atoms with Crippen molar-refractivity contribution in [2.45, 2.75) is 46.3 Å². The molecule has 0 saturated carbocycles. The van der Waals surface area contributed by atoms with Gasteiger partial charge in [-0.1, -0.05) is 12.1 Å². The quantitative estimate of drug-likeness (QED) is 0.772. The summed E-state index contributed by atoms with van der Waals surface area (Å²) >= 11 is 0. The van der Waals surface area contributed by atoms with E-state index in [4.69, 9.17) is 9.47 Å². The molecule has 2 aromatic rings. The first-order valence-electron chi connectivity index (χ1n) is 8.62. The van der Waals surface area contributed by atoms with Gasteiger partial charge < -0.3 is 14.8 Å². The SMILES string of the molecule is Cc1ccc(C)c(NC(=O)[C@H](C)OC(=O)C(C)(C)Oc2ccc(F)cc2)c1. The van der Waals surface area contributed by atoms with E-state index in [0.717, 1.165) is 11.1 Å². The van der Waals surface area contributed by atoms with Gasteiger partial charge in [-0.3, -0.25) is 4.79 Å². The molecule has 27 heavy (non-hydrogen) atoms. The van der Waals surface area contributed by atoms with E-state index >= 15 is 0 Å². The van der Waals surface area contributed by atoms with E-state index in [1.165, 1.54) is 45.0 Å². The van der Waals surface area contributed by atoms with Crippen LogP contribution in [0, 0.1) is 19.7 Å². The third-order valence-corrected chi connectivity index (χ3v) is 3.98. The molecular formula is C21H24FNO4. The zero-order valence-electron chi connectivity index (χ0n) is 16.1. The topological polar surface area (TPSA) is 64.6 Å². The fourth-order valence-electron chi connectivity index (χ4n) is 2.30. The van der Waals surface area contributed by atoms with Crippen molar-refractivity contribution in [3.63, 3.8) is 0 Å². The van der Waals surface area contributed by atoms with E-state index in [0.29, 0.717) is 11.4 Å². The van der Waals surface area contributed by atoms with Crippen molar-refractivity contribution in [3.05, 3.63) is 59.4 Å². The Labute approximate surface area is 158 Å². The van der Waals surface area contributed by atoms with Crippen LogP contribution >= 0.6 is 0 Å².